The standard InChI is InChI=1S/C26H23BrF3N5O/c1-16(35-23(18-12-13-18)21(27)24(33-35)26(28,29)30)25(36)31-14-19-15-34(20-10-6-3-7-11-20)32-22(19)17-8-4-2-5-9-17/h2-11,15-16,18H,12-14H2,1H3,(H,31,36). The van der Waals surface area contributed by atoms with E-state index in [0.29, 0.717) is 11.4 Å². The molecule has 4 aromatic rings. The molecule has 1 aliphatic rings. The number of alkyl halides is 3. The molecule has 1 amide bonds. The summed E-state index contributed by atoms with van der Waals surface area (Å²) in [4.78, 5) is 13.1. The highest BCUT2D eigenvalue weighted by Crippen LogP contribution is 2.47. The lowest BCUT2D eigenvalue weighted by molar-refractivity contribution is -0.142. The average molecular weight is 558 g/mol. The first-order valence-corrected chi connectivity index (χ1v) is 12.4. The van der Waals surface area contributed by atoms with E-state index in [9.17, 15) is 18.0 Å². The number of para-hydroxylation sites is 1. The van der Waals surface area contributed by atoms with E-state index in [-0.39, 0.29) is 16.9 Å². The maximum atomic E-state index is 13.5. The normalized spacial score (nSPS) is 14.6. The molecule has 6 nitrogen and oxygen atoms in total. The average Bonchev–Trinajstić information content (AvgIpc) is 3.51. The molecule has 1 aliphatic carbocycles. The molecule has 0 saturated heterocycles. The fourth-order valence-corrected chi connectivity index (χ4v) is 4.97. The van der Waals surface area contributed by atoms with Crippen LogP contribution in [-0.2, 0) is 17.5 Å². The summed E-state index contributed by atoms with van der Waals surface area (Å²) in [5.74, 6) is -0.459. The third kappa shape index (κ3) is 4.82. The van der Waals surface area contributed by atoms with Crippen LogP contribution in [0.5, 0.6) is 0 Å². The maximum absolute atomic E-state index is 13.5. The van der Waals surface area contributed by atoms with Gasteiger partial charge in [0.25, 0.3) is 0 Å². The number of nitrogens with zero attached hydrogens (tertiary/aromatic N) is 4. The van der Waals surface area contributed by atoms with E-state index in [1.165, 1.54) is 4.68 Å². The Morgan fingerprint density at radius 2 is 1.72 bits per heavy atom. The quantitative estimate of drug-likeness (QED) is 0.291. The largest absolute Gasteiger partial charge is 0.436 e. The van der Waals surface area contributed by atoms with Crippen molar-refractivity contribution < 1.29 is 18.0 Å². The summed E-state index contributed by atoms with van der Waals surface area (Å²) >= 11 is 3.09. The van der Waals surface area contributed by atoms with Gasteiger partial charge >= 0.3 is 6.18 Å². The molecule has 5 rings (SSSR count). The highest BCUT2D eigenvalue weighted by atomic mass is 79.9. The summed E-state index contributed by atoms with van der Waals surface area (Å²) in [6, 6.07) is 18.3. The summed E-state index contributed by atoms with van der Waals surface area (Å²) in [5, 5.41) is 11.4. The topological polar surface area (TPSA) is 64.7 Å². The molecule has 0 aliphatic heterocycles. The van der Waals surface area contributed by atoms with Crippen molar-refractivity contribution in [2.75, 3.05) is 0 Å². The van der Waals surface area contributed by atoms with Crippen LogP contribution in [0.3, 0.4) is 0 Å². The van der Waals surface area contributed by atoms with Crippen molar-refractivity contribution in [3.05, 3.63) is 88.3 Å². The number of carbonyl (C=O) groups is 1. The van der Waals surface area contributed by atoms with Crippen LogP contribution in [-0.4, -0.2) is 25.5 Å². The van der Waals surface area contributed by atoms with E-state index in [2.05, 4.69) is 26.3 Å². The molecule has 2 aromatic carbocycles. The van der Waals surface area contributed by atoms with E-state index >= 15 is 0 Å². The van der Waals surface area contributed by atoms with Gasteiger partial charge in [-0.3, -0.25) is 9.48 Å². The van der Waals surface area contributed by atoms with Crippen molar-refractivity contribution in [3.63, 3.8) is 0 Å². The molecule has 1 atom stereocenters. The molecule has 2 aromatic heterocycles. The molecular formula is C26H23BrF3N5O. The minimum absolute atomic E-state index is 0.0352. The number of hydrogen-bond donors (Lipinski definition) is 1. The first-order chi connectivity index (χ1) is 17.2. The Kier molecular flexibility index (Phi) is 6.46. The summed E-state index contributed by atoms with van der Waals surface area (Å²) < 4.78 is 43.4. The van der Waals surface area contributed by atoms with Crippen molar-refractivity contribution in [1.82, 2.24) is 24.9 Å². The Balaban J connectivity index is 1.41. The minimum atomic E-state index is -4.61. The van der Waals surface area contributed by atoms with Crippen LogP contribution in [0.2, 0.25) is 0 Å². The van der Waals surface area contributed by atoms with Crippen molar-refractivity contribution in [2.24, 2.45) is 0 Å². The highest BCUT2D eigenvalue weighted by Gasteiger charge is 2.43. The van der Waals surface area contributed by atoms with E-state index in [1.807, 2.05) is 66.9 Å². The van der Waals surface area contributed by atoms with Crippen molar-refractivity contribution in [2.45, 2.75) is 44.4 Å². The second-order valence-electron chi connectivity index (χ2n) is 8.81. The zero-order valence-corrected chi connectivity index (χ0v) is 20.9. The van der Waals surface area contributed by atoms with Gasteiger partial charge in [0.15, 0.2) is 5.69 Å². The number of hydrogen-bond acceptors (Lipinski definition) is 3. The van der Waals surface area contributed by atoms with Crippen LogP contribution in [0.4, 0.5) is 13.2 Å². The van der Waals surface area contributed by atoms with Crippen LogP contribution in [0.1, 0.15) is 48.7 Å². The monoisotopic (exact) mass is 557 g/mol. The SMILES string of the molecule is CC(C(=O)NCc1cn(-c2ccccc2)nc1-c1ccccc1)n1nc(C(F)(F)F)c(Br)c1C1CC1. The number of carbonyl (C=O) groups excluding carboxylic acids is 1. The van der Waals surface area contributed by atoms with Gasteiger partial charge in [-0.05, 0) is 47.8 Å². The summed E-state index contributed by atoms with van der Waals surface area (Å²) in [6.07, 6.45) is -1.21. The van der Waals surface area contributed by atoms with Gasteiger partial charge < -0.3 is 5.32 Å². The Morgan fingerprint density at radius 3 is 2.33 bits per heavy atom. The first-order valence-electron chi connectivity index (χ1n) is 11.6. The second kappa shape index (κ2) is 9.57. The molecule has 0 bridgehead atoms. The van der Waals surface area contributed by atoms with Gasteiger partial charge in [0.2, 0.25) is 5.91 Å². The van der Waals surface area contributed by atoms with Crippen molar-refractivity contribution >= 4 is 21.8 Å². The van der Waals surface area contributed by atoms with Gasteiger partial charge in [-0.1, -0.05) is 48.5 Å². The van der Waals surface area contributed by atoms with Crippen LogP contribution in [0, 0.1) is 0 Å². The molecule has 1 N–H and O–H groups in total. The zero-order chi connectivity index (χ0) is 25.4. The van der Waals surface area contributed by atoms with Gasteiger partial charge in [0.1, 0.15) is 6.04 Å². The molecule has 1 fully saturated rings. The lowest BCUT2D eigenvalue weighted by Gasteiger charge is -2.16. The fourth-order valence-electron chi connectivity index (χ4n) is 4.16. The maximum Gasteiger partial charge on any atom is 0.436 e. The Labute approximate surface area is 214 Å². The molecule has 1 unspecified atom stereocenters. The third-order valence-corrected chi connectivity index (χ3v) is 6.96. The lowest BCUT2D eigenvalue weighted by Crippen LogP contribution is -2.32. The van der Waals surface area contributed by atoms with Crippen LogP contribution in [0.25, 0.3) is 16.9 Å². The Bertz CT molecular complexity index is 1380. The van der Waals surface area contributed by atoms with Crippen LogP contribution >= 0.6 is 15.9 Å². The Hall–Kier alpha value is -3.40. The number of benzene rings is 2. The molecule has 0 spiro atoms. The lowest BCUT2D eigenvalue weighted by atomic mass is 10.1. The second-order valence-corrected chi connectivity index (χ2v) is 9.60. The van der Waals surface area contributed by atoms with Crippen LogP contribution < -0.4 is 5.32 Å². The van der Waals surface area contributed by atoms with Gasteiger partial charge in [0, 0.05) is 29.8 Å². The van der Waals surface area contributed by atoms with Gasteiger partial charge in [-0.15, -0.1) is 0 Å². The number of amides is 1. The van der Waals surface area contributed by atoms with Crippen molar-refractivity contribution in [1.29, 1.82) is 0 Å². The number of aromatic nitrogens is 4. The summed E-state index contributed by atoms with van der Waals surface area (Å²) in [5.41, 5.74) is 2.69. The van der Waals surface area contributed by atoms with Gasteiger partial charge in [-0.2, -0.15) is 23.4 Å². The molecule has 0 radical (unpaired) electrons. The zero-order valence-electron chi connectivity index (χ0n) is 19.3. The van der Waals surface area contributed by atoms with Gasteiger partial charge in [0.05, 0.1) is 21.5 Å². The fraction of sp³-hybridized carbons (Fsp3) is 0.269. The van der Waals surface area contributed by atoms with Gasteiger partial charge in [-0.25, -0.2) is 4.68 Å². The molecule has 186 valence electrons. The highest BCUT2D eigenvalue weighted by molar-refractivity contribution is 9.10. The number of nitrogens with one attached hydrogen (secondary N) is 1. The minimum Gasteiger partial charge on any atom is -0.350 e. The predicted octanol–water partition coefficient (Wildman–Crippen LogP) is 6.27. The molecular weight excluding hydrogens is 535 g/mol. The summed E-state index contributed by atoms with van der Waals surface area (Å²) in [7, 11) is 0. The molecule has 2 heterocycles. The molecule has 10 heteroatoms. The summed E-state index contributed by atoms with van der Waals surface area (Å²) in [6.45, 7) is 1.72. The van der Waals surface area contributed by atoms with E-state index in [4.69, 9.17) is 5.10 Å². The van der Waals surface area contributed by atoms with E-state index in [0.717, 1.165) is 29.7 Å². The van der Waals surface area contributed by atoms with Crippen LogP contribution in [0.15, 0.2) is 71.3 Å². The first kappa shape index (κ1) is 24.3. The Morgan fingerprint density at radius 1 is 1.08 bits per heavy atom. The van der Waals surface area contributed by atoms with E-state index < -0.39 is 23.8 Å². The van der Waals surface area contributed by atoms with E-state index in [1.54, 1.807) is 11.6 Å². The number of halogens is 4. The third-order valence-electron chi connectivity index (χ3n) is 6.18. The molecule has 36 heavy (non-hydrogen) atoms. The predicted molar refractivity (Wildman–Crippen MR) is 132 cm³/mol. The van der Waals surface area contributed by atoms with Crippen molar-refractivity contribution in [3.8, 4) is 16.9 Å². The number of rotatable bonds is 7. The molecule has 1 saturated carbocycles. The smallest absolute Gasteiger partial charge is 0.350 e.